The van der Waals surface area contributed by atoms with Crippen LogP contribution in [0.1, 0.15) is 6.92 Å². The summed E-state index contributed by atoms with van der Waals surface area (Å²) in [4.78, 5) is 11.1. The van der Waals surface area contributed by atoms with E-state index in [4.69, 9.17) is 14.6 Å². The summed E-state index contributed by atoms with van der Waals surface area (Å²) < 4.78 is 12.3. The van der Waals surface area contributed by atoms with Crippen molar-refractivity contribution < 1.29 is 19.4 Å². The van der Waals surface area contributed by atoms with Crippen molar-refractivity contribution in [3.63, 3.8) is 0 Å². The summed E-state index contributed by atoms with van der Waals surface area (Å²) in [5.74, 6) is -0.165. The molecule has 1 aromatic carbocycles. The Morgan fingerprint density at radius 1 is 1.42 bits per heavy atom. The largest absolute Gasteiger partial charge is 0.497 e. The van der Waals surface area contributed by atoms with E-state index in [0.717, 1.165) is 16.7 Å². The zero-order valence-corrected chi connectivity index (χ0v) is 11.0. The monoisotopic (exact) mass is 263 g/mol. The Kier molecular flexibility index (Phi) is 4.06. The highest BCUT2D eigenvalue weighted by atomic mass is 16.5. The Hall–Kier alpha value is -2.01. The van der Waals surface area contributed by atoms with Gasteiger partial charge in [-0.3, -0.25) is 0 Å². The number of hydrogen-bond acceptors (Lipinski definition) is 3. The number of hydrogen-bond donors (Lipinski definition) is 1. The highest BCUT2D eigenvalue weighted by Gasteiger charge is 2.18. The van der Waals surface area contributed by atoms with Crippen LogP contribution in [-0.2, 0) is 16.1 Å². The van der Waals surface area contributed by atoms with E-state index in [1.54, 1.807) is 14.0 Å². The van der Waals surface area contributed by atoms with Gasteiger partial charge in [-0.25, -0.2) is 4.79 Å². The van der Waals surface area contributed by atoms with Crippen LogP contribution in [0, 0.1) is 0 Å². The normalized spacial score (nSPS) is 12.5. The van der Waals surface area contributed by atoms with E-state index < -0.39 is 12.1 Å². The van der Waals surface area contributed by atoms with Gasteiger partial charge in [-0.1, -0.05) is 0 Å². The van der Waals surface area contributed by atoms with Crippen LogP contribution in [0.2, 0.25) is 0 Å². The van der Waals surface area contributed by atoms with Gasteiger partial charge in [-0.05, 0) is 31.2 Å². The van der Waals surface area contributed by atoms with Crippen molar-refractivity contribution in [3.8, 4) is 5.75 Å². The second kappa shape index (κ2) is 5.75. The van der Waals surface area contributed by atoms with Gasteiger partial charge in [-0.2, -0.15) is 0 Å². The fourth-order valence-electron chi connectivity index (χ4n) is 2.05. The van der Waals surface area contributed by atoms with Crippen molar-refractivity contribution in [2.24, 2.45) is 0 Å². The molecule has 19 heavy (non-hydrogen) atoms. The summed E-state index contributed by atoms with van der Waals surface area (Å²) in [7, 11) is 1.62. The minimum absolute atomic E-state index is 0.291. The molecule has 0 spiro atoms. The van der Waals surface area contributed by atoms with Gasteiger partial charge >= 0.3 is 5.97 Å². The van der Waals surface area contributed by atoms with Crippen molar-refractivity contribution in [1.82, 2.24) is 4.57 Å². The first-order chi connectivity index (χ1) is 9.15. The fraction of sp³-hybridized carbons (Fsp3) is 0.357. The van der Waals surface area contributed by atoms with Crippen LogP contribution >= 0.6 is 0 Å². The lowest BCUT2D eigenvalue weighted by Crippen LogP contribution is -2.28. The smallest absolute Gasteiger partial charge is 0.334 e. The number of carbonyl (C=O) groups is 1. The summed E-state index contributed by atoms with van der Waals surface area (Å²) in [5, 5.41) is 10.1. The van der Waals surface area contributed by atoms with E-state index in [0.29, 0.717) is 13.2 Å². The lowest BCUT2D eigenvalue weighted by molar-refractivity contribution is -0.150. The van der Waals surface area contributed by atoms with Gasteiger partial charge in [0, 0.05) is 23.7 Å². The van der Waals surface area contributed by atoms with Gasteiger partial charge in [0.25, 0.3) is 0 Å². The molecule has 2 rings (SSSR count). The number of ether oxygens (including phenoxy) is 2. The van der Waals surface area contributed by atoms with Gasteiger partial charge in [0.2, 0.25) is 0 Å². The van der Waals surface area contributed by atoms with Crippen molar-refractivity contribution in [2.75, 3.05) is 13.7 Å². The van der Waals surface area contributed by atoms with E-state index in [-0.39, 0.29) is 0 Å². The van der Waals surface area contributed by atoms with Gasteiger partial charge in [-0.15, -0.1) is 0 Å². The molecule has 0 aliphatic heterocycles. The SMILES string of the molecule is CCOC(Cn1ccc2cc(OC)ccc21)C(=O)O. The molecule has 5 nitrogen and oxygen atoms in total. The number of aliphatic carboxylic acids is 1. The van der Waals surface area contributed by atoms with Crippen LogP contribution in [-0.4, -0.2) is 35.5 Å². The molecule has 0 fully saturated rings. The summed E-state index contributed by atoms with van der Waals surface area (Å²) in [6, 6.07) is 7.62. The third-order valence-electron chi connectivity index (χ3n) is 2.98. The third-order valence-corrected chi connectivity index (χ3v) is 2.98. The Morgan fingerprint density at radius 2 is 2.21 bits per heavy atom. The number of carboxylic acid groups (broad SMARTS) is 1. The van der Waals surface area contributed by atoms with Crippen LogP contribution in [0.15, 0.2) is 30.5 Å². The first kappa shape index (κ1) is 13.4. The van der Waals surface area contributed by atoms with Crippen molar-refractivity contribution in [2.45, 2.75) is 19.6 Å². The van der Waals surface area contributed by atoms with E-state index in [1.165, 1.54) is 0 Å². The van der Waals surface area contributed by atoms with Gasteiger partial charge in [0.1, 0.15) is 5.75 Å². The van der Waals surface area contributed by atoms with Crippen LogP contribution in [0.5, 0.6) is 5.75 Å². The summed E-state index contributed by atoms with van der Waals surface area (Å²) in [6.45, 7) is 2.46. The van der Waals surface area contributed by atoms with Crippen molar-refractivity contribution >= 4 is 16.9 Å². The quantitative estimate of drug-likeness (QED) is 0.867. The molecule has 0 aliphatic rings. The number of rotatable bonds is 6. The fourth-order valence-corrected chi connectivity index (χ4v) is 2.05. The van der Waals surface area contributed by atoms with E-state index in [2.05, 4.69) is 0 Å². The number of methoxy groups -OCH3 is 1. The second-order valence-electron chi connectivity index (χ2n) is 4.18. The Morgan fingerprint density at radius 3 is 2.84 bits per heavy atom. The summed E-state index contributed by atoms with van der Waals surface area (Å²) in [6.07, 6.45) is 1.03. The lowest BCUT2D eigenvalue weighted by atomic mass is 10.2. The van der Waals surface area contributed by atoms with Gasteiger partial charge in [0.15, 0.2) is 6.10 Å². The number of fused-ring (bicyclic) bond motifs is 1. The predicted molar refractivity (Wildman–Crippen MR) is 71.5 cm³/mol. The molecule has 1 atom stereocenters. The highest BCUT2D eigenvalue weighted by molar-refractivity contribution is 5.82. The first-order valence-corrected chi connectivity index (χ1v) is 6.13. The molecule has 0 amide bonds. The molecule has 1 heterocycles. The van der Waals surface area contributed by atoms with E-state index in [9.17, 15) is 4.79 Å². The molecule has 102 valence electrons. The Balaban J connectivity index is 2.27. The van der Waals surface area contributed by atoms with Gasteiger partial charge < -0.3 is 19.1 Å². The number of benzene rings is 1. The van der Waals surface area contributed by atoms with Crippen molar-refractivity contribution in [3.05, 3.63) is 30.5 Å². The zero-order valence-electron chi connectivity index (χ0n) is 11.0. The molecule has 0 radical (unpaired) electrons. The number of carboxylic acids is 1. The Labute approximate surface area is 111 Å². The molecule has 0 saturated heterocycles. The molecule has 1 aromatic heterocycles. The molecule has 2 aromatic rings. The number of nitrogens with zero attached hydrogens (tertiary/aromatic N) is 1. The first-order valence-electron chi connectivity index (χ1n) is 6.13. The molecular formula is C14H17NO4. The summed E-state index contributed by atoms with van der Waals surface area (Å²) >= 11 is 0. The van der Waals surface area contributed by atoms with E-state index in [1.807, 2.05) is 35.0 Å². The lowest BCUT2D eigenvalue weighted by Gasteiger charge is -2.14. The molecule has 1 N–H and O–H groups in total. The highest BCUT2D eigenvalue weighted by Crippen LogP contribution is 2.22. The molecular weight excluding hydrogens is 246 g/mol. The molecule has 0 bridgehead atoms. The van der Waals surface area contributed by atoms with Gasteiger partial charge in [0.05, 0.1) is 13.7 Å². The minimum atomic E-state index is -0.947. The number of aromatic nitrogens is 1. The minimum Gasteiger partial charge on any atom is -0.497 e. The molecule has 1 unspecified atom stereocenters. The third kappa shape index (κ3) is 2.88. The standard InChI is InChI=1S/C14H17NO4/c1-3-19-13(14(16)17)9-15-7-6-10-8-11(18-2)4-5-12(10)15/h4-8,13H,3,9H2,1-2H3,(H,16,17). The van der Waals surface area contributed by atoms with Crippen molar-refractivity contribution in [1.29, 1.82) is 0 Å². The molecule has 5 heteroatoms. The topological polar surface area (TPSA) is 60.7 Å². The summed E-state index contributed by atoms with van der Waals surface area (Å²) in [5.41, 5.74) is 0.965. The maximum absolute atomic E-state index is 11.1. The average Bonchev–Trinajstić information content (AvgIpc) is 2.80. The van der Waals surface area contributed by atoms with E-state index >= 15 is 0 Å². The van der Waals surface area contributed by atoms with Crippen LogP contribution in [0.4, 0.5) is 0 Å². The predicted octanol–water partition coefficient (Wildman–Crippen LogP) is 2.14. The van der Waals surface area contributed by atoms with Crippen LogP contribution in [0.3, 0.4) is 0 Å². The molecule has 0 saturated carbocycles. The maximum Gasteiger partial charge on any atom is 0.334 e. The van der Waals surface area contributed by atoms with Crippen LogP contribution < -0.4 is 4.74 Å². The average molecular weight is 263 g/mol. The Bertz CT molecular complexity index is 576. The maximum atomic E-state index is 11.1. The van der Waals surface area contributed by atoms with Crippen LogP contribution in [0.25, 0.3) is 10.9 Å². The second-order valence-corrected chi connectivity index (χ2v) is 4.18. The zero-order chi connectivity index (χ0) is 13.8. The molecule has 0 aliphatic carbocycles.